The average Bonchev–Trinajstić information content (AvgIpc) is 3.33. The number of carboxylic acids is 1. The predicted octanol–water partition coefficient (Wildman–Crippen LogP) is 3.70. The summed E-state index contributed by atoms with van der Waals surface area (Å²) in [6, 6.07) is 12.7. The first-order valence-electron chi connectivity index (χ1n) is 13.7. The average molecular weight is 585 g/mol. The van der Waals surface area contributed by atoms with Crippen molar-refractivity contribution in [2.75, 3.05) is 19.7 Å². The van der Waals surface area contributed by atoms with E-state index in [0.717, 1.165) is 23.8 Å². The highest BCUT2D eigenvalue weighted by Crippen LogP contribution is 2.41. The number of nitrogens with zero attached hydrogens (tertiary/aromatic N) is 2. The Morgan fingerprint density at radius 3 is 2.38 bits per heavy atom. The lowest BCUT2D eigenvalue weighted by Crippen LogP contribution is -2.47. The molecular weight excluding hydrogens is 546 g/mol. The van der Waals surface area contributed by atoms with Crippen molar-refractivity contribution in [2.24, 2.45) is 11.1 Å². The van der Waals surface area contributed by atoms with E-state index in [1.54, 1.807) is 12.3 Å². The van der Waals surface area contributed by atoms with Crippen LogP contribution in [0.15, 0.2) is 60.8 Å². The quantitative estimate of drug-likeness (QED) is 0.242. The summed E-state index contributed by atoms with van der Waals surface area (Å²) in [4.78, 5) is 37.8. The minimum Gasteiger partial charge on any atom is -0.481 e. The number of amides is 2. The fraction of sp³-hybridized carbons (Fsp3) is 0.387. The molecule has 0 aliphatic heterocycles. The Bertz CT molecular complexity index is 1390. The van der Waals surface area contributed by atoms with Gasteiger partial charge in [0.2, 0.25) is 11.8 Å². The maximum Gasteiger partial charge on any atom is 0.305 e. The van der Waals surface area contributed by atoms with Gasteiger partial charge in [-0.1, -0.05) is 51.1 Å². The number of carboxylic acid groups (broad SMARTS) is 1. The first-order chi connectivity index (χ1) is 19.8. The van der Waals surface area contributed by atoms with Gasteiger partial charge in [-0.2, -0.15) is 0 Å². The van der Waals surface area contributed by atoms with E-state index in [2.05, 4.69) is 5.32 Å². The first-order valence-corrected chi connectivity index (χ1v) is 13.7. The number of carbonyl (C=O) groups excluding carboxylic acids is 2. The van der Waals surface area contributed by atoms with Crippen LogP contribution in [0.5, 0.6) is 0 Å². The number of benzene rings is 2. The van der Waals surface area contributed by atoms with Crippen molar-refractivity contribution >= 4 is 17.8 Å². The topological polar surface area (TPSA) is 138 Å². The van der Waals surface area contributed by atoms with Crippen molar-refractivity contribution in [3.63, 3.8) is 0 Å². The lowest BCUT2D eigenvalue weighted by atomic mass is 9.82. The fourth-order valence-electron chi connectivity index (χ4n) is 4.93. The van der Waals surface area contributed by atoms with Crippen LogP contribution in [-0.4, -0.2) is 63.2 Å². The molecule has 2 aromatic carbocycles. The van der Waals surface area contributed by atoms with Crippen LogP contribution in [0.25, 0.3) is 11.1 Å². The molecular formula is C31H38F2N4O5. The van der Waals surface area contributed by atoms with Gasteiger partial charge in [0.05, 0.1) is 18.5 Å². The van der Waals surface area contributed by atoms with Gasteiger partial charge < -0.3 is 30.7 Å². The third kappa shape index (κ3) is 8.46. The van der Waals surface area contributed by atoms with E-state index < -0.39 is 53.5 Å². The van der Waals surface area contributed by atoms with Crippen LogP contribution in [-0.2, 0) is 20.9 Å². The number of hydrogen-bond donors (Lipinski definition) is 4. The molecule has 2 amide bonds. The largest absolute Gasteiger partial charge is 0.481 e. The van der Waals surface area contributed by atoms with Crippen LogP contribution >= 0.6 is 0 Å². The number of aliphatic carboxylic acids is 1. The van der Waals surface area contributed by atoms with Gasteiger partial charge in [0, 0.05) is 42.7 Å². The van der Waals surface area contributed by atoms with Crippen molar-refractivity contribution in [2.45, 2.75) is 52.2 Å². The van der Waals surface area contributed by atoms with Crippen molar-refractivity contribution in [1.82, 2.24) is 14.8 Å². The van der Waals surface area contributed by atoms with Gasteiger partial charge in [0.1, 0.15) is 18.2 Å². The number of halogens is 2. The van der Waals surface area contributed by atoms with Crippen molar-refractivity contribution in [3.05, 3.63) is 83.7 Å². The minimum absolute atomic E-state index is 0.00494. The molecule has 0 radical (unpaired) electrons. The highest BCUT2D eigenvalue weighted by Gasteiger charge is 2.37. The van der Waals surface area contributed by atoms with E-state index in [1.807, 2.05) is 55.7 Å². The standard InChI is InChI=1S/C31H38F2N4O5/c1-31(2,3)29(37(27(39)19-38)14-12-25(34)30(42)35-13-11-28(40)41)26-15-21(23-16-22(32)9-10-24(23)33)18-36(26)17-20-7-5-4-6-8-20/h4-10,15-16,18,25,29,38H,11-14,17,19,34H2,1-3H3,(H,35,42)(H,40,41). The SMILES string of the molecule is CC(C)(C)C(c1cc(-c2cc(F)ccc2F)cn1Cc1ccccc1)N(CCC(N)C(=O)NCCC(=O)O)C(=O)CO. The normalized spacial score (nSPS) is 12.9. The number of rotatable bonds is 13. The number of nitrogens with one attached hydrogen (secondary N) is 1. The molecule has 0 spiro atoms. The summed E-state index contributed by atoms with van der Waals surface area (Å²) < 4.78 is 30.9. The van der Waals surface area contributed by atoms with E-state index in [4.69, 9.17) is 10.8 Å². The van der Waals surface area contributed by atoms with Gasteiger partial charge in [-0.25, -0.2) is 8.78 Å². The molecule has 0 bridgehead atoms. The number of aliphatic hydroxyl groups is 1. The lowest BCUT2D eigenvalue weighted by molar-refractivity contribution is -0.140. The summed E-state index contributed by atoms with van der Waals surface area (Å²) in [5.74, 6) is -3.41. The third-order valence-corrected chi connectivity index (χ3v) is 6.89. The highest BCUT2D eigenvalue weighted by atomic mass is 19.1. The second kappa shape index (κ2) is 14.2. The van der Waals surface area contributed by atoms with E-state index in [-0.39, 0.29) is 31.5 Å². The van der Waals surface area contributed by atoms with Crippen molar-refractivity contribution in [1.29, 1.82) is 0 Å². The van der Waals surface area contributed by atoms with Gasteiger partial charge in [0.15, 0.2) is 0 Å². The van der Waals surface area contributed by atoms with Gasteiger partial charge in [-0.3, -0.25) is 14.4 Å². The van der Waals surface area contributed by atoms with Crippen LogP contribution in [0.3, 0.4) is 0 Å². The number of nitrogens with two attached hydrogens (primary N) is 1. The molecule has 0 saturated carbocycles. The Morgan fingerprint density at radius 1 is 1.07 bits per heavy atom. The minimum atomic E-state index is -1.06. The summed E-state index contributed by atoms with van der Waals surface area (Å²) in [6.07, 6.45) is 1.48. The molecule has 42 heavy (non-hydrogen) atoms. The zero-order valence-corrected chi connectivity index (χ0v) is 24.0. The van der Waals surface area contributed by atoms with Gasteiger partial charge in [-0.15, -0.1) is 0 Å². The van der Waals surface area contributed by atoms with E-state index in [1.165, 1.54) is 4.90 Å². The van der Waals surface area contributed by atoms with Crippen LogP contribution < -0.4 is 11.1 Å². The van der Waals surface area contributed by atoms with Gasteiger partial charge in [0.25, 0.3) is 0 Å². The second-order valence-electron chi connectivity index (χ2n) is 11.2. The molecule has 0 saturated heterocycles. The molecule has 2 unspecified atom stereocenters. The van der Waals surface area contributed by atoms with Crippen LogP contribution in [0, 0.1) is 17.0 Å². The smallest absolute Gasteiger partial charge is 0.305 e. The summed E-state index contributed by atoms with van der Waals surface area (Å²) in [5.41, 5.74) is 7.49. The Labute approximate surface area is 243 Å². The van der Waals surface area contributed by atoms with Crippen molar-refractivity contribution < 1.29 is 33.4 Å². The summed E-state index contributed by atoms with van der Waals surface area (Å²) in [7, 11) is 0. The molecule has 226 valence electrons. The lowest BCUT2D eigenvalue weighted by Gasteiger charge is -2.41. The maximum absolute atomic E-state index is 14.9. The van der Waals surface area contributed by atoms with Crippen LogP contribution in [0.4, 0.5) is 8.78 Å². The molecule has 0 aliphatic rings. The molecule has 0 aliphatic carbocycles. The predicted molar refractivity (Wildman–Crippen MR) is 154 cm³/mol. The number of aliphatic hydroxyl groups excluding tert-OH is 1. The highest BCUT2D eigenvalue weighted by molar-refractivity contribution is 5.82. The summed E-state index contributed by atoms with van der Waals surface area (Å²) in [6.45, 7) is 5.22. The number of carbonyl (C=O) groups is 3. The molecule has 1 aromatic heterocycles. The third-order valence-electron chi connectivity index (χ3n) is 6.89. The van der Waals surface area contributed by atoms with Gasteiger partial charge >= 0.3 is 5.97 Å². The van der Waals surface area contributed by atoms with Crippen LogP contribution in [0.1, 0.15) is 50.9 Å². The second-order valence-corrected chi connectivity index (χ2v) is 11.2. The molecule has 2 atom stereocenters. The monoisotopic (exact) mass is 584 g/mol. The zero-order valence-electron chi connectivity index (χ0n) is 24.0. The Balaban J connectivity index is 2.04. The Kier molecular flexibility index (Phi) is 11.0. The van der Waals surface area contributed by atoms with E-state index >= 15 is 0 Å². The number of hydrogen-bond acceptors (Lipinski definition) is 5. The Hall–Kier alpha value is -4.09. The molecule has 1 heterocycles. The molecule has 3 rings (SSSR count). The molecule has 3 aromatic rings. The summed E-state index contributed by atoms with van der Waals surface area (Å²) in [5, 5.41) is 21.2. The van der Waals surface area contributed by atoms with Crippen molar-refractivity contribution in [3.8, 4) is 11.1 Å². The molecule has 0 fully saturated rings. The summed E-state index contributed by atoms with van der Waals surface area (Å²) >= 11 is 0. The first kappa shape index (κ1) is 32.4. The Morgan fingerprint density at radius 2 is 1.76 bits per heavy atom. The zero-order chi connectivity index (χ0) is 31.0. The molecule has 11 heteroatoms. The number of aromatic nitrogens is 1. The van der Waals surface area contributed by atoms with Crippen LogP contribution in [0.2, 0.25) is 0 Å². The molecule has 9 nitrogen and oxygen atoms in total. The molecule has 5 N–H and O–H groups in total. The van der Waals surface area contributed by atoms with E-state index in [9.17, 15) is 28.3 Å². The maximum atomic E-state index is 14.9. The fourth-order valence-corrected chi connectivity index (χ4v) is 4.93. The van der Waals surface area contributed by atoms with E-state index in [0.29, 0.717) is 17.8 Å². The van der Waals surface area contributed by atoms with Gasteiger partial charge in [-0.05, 0) is 41.7 Å².